The van der Waals surface area contributed by atoms with Crippen molar-refractivity contribution >= 4 is 12.0 Å². The molecular formula is C15H18O2. The Hall–Kier alpha value is -1.57. The van der Waals surface area contributed by atoms with E-state index < -0.39 is 11.4 Å². The molecule has 2 rings (SSSR count). The molecule has 17 heavy (non-hydrogen) atoms. The molecule has 0 heterocycles. The van der Waals surface area contributed by atoms with Crippen molar-refractivity contribution in [2.45, 2.75) is 33.6 Å². The maximum atomic E-state index is 11.3. The third-order valence-corrected chi connectivity index (χ3v) is 3.63. The van der Waals surface area contributed by atoms with Crippen molar-refractivity contribution in [1.29, 1.82) is 0 Å². The molecule has 0 saturated carbocycles. The van der Waals surface area contributed by atoms with Gasteiger partial charge in [-0.05, 0) is 44.7 Å². The summed E-state index contributed by atoms with van der Waals surface area (Å²) < 4.78 is 0. The molecule has 0 aromatic heterocycles. The highest BCUT2D eigenvalue weighted by Gasteiger charge is 2.32. The van der Waals surface area contributed by atoms with E-state index in [2.05, 4.69) is 31.2 Å². The first-order valence-corrected chi connectivity index (χ1v) is 5.95. The molecule has 0 unspecified atom stereocenters. The van der Waals surface area contributed by atoms with E-state index in [4.69, 9.17) is 0 Å². The Morgan fingerprint density at radius 2 is 2.00 bits per heavy atom. The van der Waals surface area contributed by atoms with Gasteiger partial charge in [-0.15, -0.1) is 0 Å². The van der Waals surface area contributed by atoms with Crippen molar-refractivity contribution in [1.82, 2.24) is 0 Å². The number of aliphatic carboxylic acids is 1. The van der Waals surface area contributed by atoms with E-state index in [0.717, 1.165) is 18.4 Å². The lowest BCUT2D eigenvalue weighted by atomic mass is 9.77. The third-order valence-electron chi connectivity index (χ3n) is 3.63. The van der Waals surface area contributed by atoms with E-state index in [1.54, 1.807) is 13.8 Å². The van der Waals surface area contributed by atoms with E-state index in [1.165, 1.54) is 16.7 Å². The summed E-state index contributed by atoms with van der Waals surface area (Å²) >= 11 is 0. The van der Waals surface area contributed by atoms with Crippen LogP contribution in [0, 0.1) is 12.3 Å². The molecular weight excluding hydrogens is 212 g/mol. The predicted octanol–water partition coefficient (Wildman–Crippen LogP) is 3.44. The van der Waals surface area contributed by atoms with Crippen LogP contribution in [0.4, 0.5) is 0 Å². The molecule has 1 aliphatic rings. The molecule has 0 atom stereocenters. The van der Waals surface area contributed by atoms with Crippen molar-refractivity contribution < 1.29 is 9.90 Å². The van der Waals surface area contributed by atoms with Crippen LogP contribution in [0.3, 0.4) is 0 Å². The van der Waals surface area contributed by atoms with Crippen LogP contribution in [-0.4, -0.2) is 11.1 Å². The van der Waals surface area contributed by atoms with Crippen LogP contribution < -0.4 is 0 Å². The van der Waals surface area contributed by atoms with Gasteiger partial charge in [0, 0.05) is 0 Å². The van der Waals surface area contributed by atoms with Crippen LogP contribution in [0.2, 0.25) is 0 Å². The zero-order valence-electron chi connectivity index (χ0n) is 10.6. The first-order valence-electron chi connectivity index (χ1n) is 5.95. The highest BCUT2D eigenvalue weighted by Crippen LogP contribution is 2.36. The Morgan fingerprint density at radius 1 is 1.29 bits per heavy atom. The van der Waals surface area contributed by atoms with E-state index >= 15 is 0 Å². The number of carboxylic acids is 1. The quantitative estimate of drug-likeness (QED) is 0.845. The topological polar surface area (TPSA) is 37.3 Å². The number of fused-ring (bicyclic) bond motifs is 1. The number of rotatable bonds is 2. The smallest absolute Gasteiger partial charge is 0.313 e. The van der Waals surface area contributed by atoms with Gasteiger partial charge in [-0.3, -0.25) is 4.79 Å². The standard InChI is InChI=1S/C15H18O2/c1-10-4-5-11-6-7-13(9-12(11)8-10)15(2,3)14(16)17/h4-5,8-9H,6-7H2,1-3H3,(H,16,17). The van der Waals surface area contributed by atoms with Gasteiger partial charge in [0.15, 0.2) is 0 Å². The average Bonchev–Trinajstić information content (AvgIpc) is 2.27. The summed E-state index contributed by atoms with van der Waals surface area (Å²) in [6.07, 6.45) is 3.84. The van der Waals surface area contributed by atoms with Gasteiger partial charge in [-0.25, -0.2) is 0 Å². The lowest BCUT2D eigenvalue weighted by Gasteiger charge is -2.27. The zero-order chi connectivity index (χ0) is 12.6. The molecule has 0 spiro atoms. The fraction of sp³-hybridized carbons (Fsp3) is 0.400. The number of carboxylic acid groups (broad SMARTS) is 1. The van der Waals surface area contributed by atoms with Gasteiger partial charge in [-0.2, -0.15) is 0 Å². The van der Waals surface area contributed by atoms with E-state index in [9.17, 15) is 9.90 Å². The molecule has 1 N–H and O–H groups in total. The molecule has 0 saturated heterocycles. The number of carbonyl (C=O) groups is 1. The lowest BCUT2D eigenvalue weighted by molar-refractivity contribution is -0.144. The maximum absolute atomic E-state index is 11.3. The summed E-state index contributed by atoms with van der Waals surface area (Å²) in [6, 6.07) is 6.39. The highest BCUT2D eigenvalue weighted by atomic mass is 16.4. The van der Waals surface area contributed by atoms with Gasteiger partial charge in [0.05, 0.1) is 5.41 Å². The van der Waals surface area contributed by atoms with Gasteiger partial charge >= 0.3 is 5.97 Å². The summed E-state index contributed by atoms with van der Waals surface area (Å²) in [4.78, 5) is 11.3. The van der Waals surface area contributed by atoms with E-state index in [-0.39, 0.29) is 0 Å². The maximum Gasteiger partial charge on any atom is 0.313 e. The summed E-state index contributed by atoms with van der Waals surface area (Å²) in [5.74, 6) is -0.750. The number of hydrogen-bond acceptors (Lipinski definition) is 1. The Bertz CT molecular complexity index is 496. The van der Waals surface area contributed by atoms with Crippen LogP contribution in [0.1, 0.15) is 37.0 Å². The van der Waals surface area contributed by atoms with Crippen molar-refractivity contribution in [3.05, 3.63) is 40.5 Å². The Morgan fingerprint density at radius 3 is 2.65 bits per heavy atom. The molecule has 0 radical (unpaired) electrons. The van der Waals surface area contributed by atoms with Crippen LogP contribution in [-0.2, 0) is 11.2 Å². The van der Waals surface area contributed by atoms with Crippen molar-refractivity contribution in [2.24, 2.45) is 5.41 Å². The van der Waals surface area contributed by atoms with Crippen LogP contribution in [0.15, 0.2) is 23.8 Å². The molecule has 0 amide bonds. The van der Waals surface area contributed by atoms with Crippen LogP contribution >= 0.6 is 0 Å². The molecule has 2 heteroatoms. The molecule has 0 aliphatic heterocycles. The molecule has 2 nitrogen and oxygen atoms in total. The number of aryl methyl sites for hydroxylation is 2. The Kier molecular flexibility index (Phi) is 2.82. The van der Waals surface area contributed by atoms with E-state index in [1.807, 2.05) is 0 Å². The van der Waals surface area contributed by atoms with Crippen LogP contribution in [0.25, 0.3) is 6.08 Å². The minimum atomic E-state index is -0.762. The molecule has 90 valence electrons. The Labute approximate surface area is 102 Å². The monoisotopic (exact) mass is 230 g/mol. The minimum Gasteiger partial charge on any atom is -0.481 e. The van der Waals surface area contributed by atoms with Gasteiger partial charge in [0.2, 0.25) is 0 Å². The van der Waals surface area contributed by atoms with Crippen molar-refractivity contribution in [3.63, 3.8) is 0 Å². The second-order valence-electron chi connectivity index (χ2n) is 5.30. The average molecular weight is 230 g/mol. The summed E-state index contributed by atoms with van der Waals surface area (Å²) in [5.41, 5.74) is 3.97. The first-order chi connectivity index (χ1) is 7.91. The highest BCUT2D eigenvalue weighted by molar-refractivity contribution is 5.80. The SMILES string of the molecule is Cc1ccc2c(c1)C=C(C(C)(C)C(=O)O)CC2. The second kappa shape index (κ2) is 4.02. The minimum absolute atomic E-state index is 0.750. The summed E-state index contributed by atoms with van der Waals surface area (Å²) in [7, 11) is 0. The Balaban J connectivity index is 2.45. The largest absolute Gasteiger partial charge is 0.481 e. The predicted molar refractivity (Wildman–Crippen MR) is 68.9 cm³/mol. The normalized spacial score (nSPS) is 15.1. The number of benzene rings is 1. The molecule has 1 aliphatic carbocycles. The van der Waals surface area contributed by atoms with Gasteiger partial charge in [0.1, 0.15) is 0 Å². The molecule has 0 bridgehead atoms. The van der Waals surface area contributed by atoms with Crippen molar-refractivity contribution in [3.8, 4) is 0 Å². The van der Waals surface area contributed by atoms with Gasteiger partial charge in [-0.1, -0.05) is 35.4 Å². The first kappa shape index (κ1) is 11.9. The third kappa shape index (κ3) is 2.12. The van der Waals surface area contributed by atoms with Gasteiger partial charge < -0.3 is 5.11 Å². The second-order valence-corrected chi connectivity index (χ2v) is 5.30. The molecule has 1 aromatic rings. The summed E-state index contributed by atoms with van der Waals surface area (Å²) in [6.45, 7) is 5.62. The fourth-order valence-corrected chi connectivity index (χ4v) is 2.24. The van der Waals surface area contributed by atoms with Gasteiger partial charge in [0.25, 0.3) is 0 Å². The molecule has 0 fully saturated rings. The van der Waals surface area contributed by atoms with Crippen LogP contribution in [0.5, 0.6) is 0 Å². The lowest BCUT2D eigenvalue weighted by Crippen LogP contribution is -2.27. The summed E-state index contributed by atoms with van der Waals surface area (Å²) in [5, 5.41) is 9.26. The van der Waals surface area contributed by atoms with E-state index in [0.29, 0.717) is 0 Å². The number of hydrogen-bond donors (Lipinski definition) is 1. The fourth-order valence-electron chi connectivity index (χ4n) is 2.24. The van der Waals surface area contributed by atoms with Crippen molar-refractivity contribution in [2.75, 3.05) is 0 Å². The molecule has 1 aromatic carbocycles. The zero-order valence-corrected chi connectivity index (χ0v) is 10.6.